The van der Waals surface area contributed by atoms with Gasteiger partial charge in [-0.2, -0.15) is 13.2 Å². The molecule has 5 nitrogen and oxygen atoms in total. The summed E-state index contributed by atoms with van der Waals surface area (Å²) >= 11 is 0. The molecular formula is C23H23F3N2O3. The molecular weight excluding hydrogens is 409 g/mol. The molecule has 3 aromatic rings. The average molecular weight is 432 g/mol. The molecule has 0 spiro atoms. The quantitative estimate of drug-likeness (QED) is 0.581. The Morgan fingerprint density at radius 3 is 2.52 bits per heavy atom. The number of ether oxygens (including phenoxy) is 1. The molecule has 0 aliphatic carbocycles. The van der Waals surface area contributed by atoms with E-state index in [4.69, 9.17) is 4.74 Å². The normalized spacial score (nSPS) is 11.5. The molecule has 2 aromatic carbocycles. The first-order chi connectivity index (χ1) is 14.8. The van der Waals surface area contributed by atoms with Gasteiger partial charge in [0.1, 0.15) is 5.75 Å². The van der Waals surface area contributed by atoms with Gasteiger partial charge in [0, 0.05) is 30.6 Å². The van der Waals surface area contributed by atoms with Crippen LogP contribution >= 0.6 is 0 Å². The molecule has 0 atom stereocenters. The zero-order valence-corrected chi connectivity index (χ0v) is 17.0. The first-order valence-corrected chi connectivity index (χ1v) is 9.98. The van der Waals surface area contributed by atoms with Crippen molar-refractivity contribution in [3.8, 4) is 5.75 Å². The van der Waals surface area contributed by atoms with E-state index >= 15 is 0 Å². The summed E-state index contributed by atoms with van der Waals surface area (Å²) in [4.78, 5) is 24.3. The highest BCUT2D eigenvalue weighted by Crippen LogP contribution is 2.35. The van der Waals surface area contributed by atoms with Gasteiger partial charge in [-0.25, -0.2) is 0 Å². The van der Waals surface area contributed by atoms with E-state index in [1.165, 1.54) is 22.8 Å². The fourth-order valence-corrected chi connectivity index (χ4v) is 3.33. The Hall–Kier alpha value is -3.29. The van der Waals surface area contributed by atoms with Gasteiger partial charge in [0.15, 0.2) is 6.61 Å². The van der Waals surface area contributed by atoms with E-state index in [-0.39, 0.29) is 35.7 Å². The van der Waals surface area contributed by atoms with Crippen LogP contribution in [0.25, 0.3) is 10.9 Å². The monoisotopic (exact) mass is 432 g/mol. The predicted molar refractivity (Wildman–Crippen MR) is 112 cm³/mol. The fraction of sp³-hybridized carbons (Fsp3) is 0.304. The van der Waals surface area contributed by atoms with E-state index in [2.05, 4.69) is 5.32 Å². The van der Waals surface area contributed by atoms with Gasteiger partial charge in [-0.1, -0.05) is 37.3 Å². The molecule has 0 bridgehead atoms. The van der Waals surface area contributed by atoms with Crippen LogP contribution in [-0.4, -0.2) is 23.6 Å². The van der Waals surface area contributed by atoms with E-state index in [1.54, 1.807) is 0 Å². The molecule has 0 aliphatic heterocycles. The van der Waals surface area contributed by atoms with Gasteiger partial charge in [0.25, 0.3) is 11.5 Å². The average Bonchev–Trinajstić information content (AvgIpc) is 2.74. The van der Waals surface area contributed by atoms with Crippen LogP contribution in [0.4, 0.5) is 13.2 Å². The molecule has 1 aromatic heterocycles. The third-order valence-corrected chi connectivity index (χ3v) is 4.79. The van der Waals surface area contributed by atoms with Crippen LogP contribution in [0.1, 0.15) is 24.5 Å². The van der Waals surface area contributed by atoms with Gasteiger partial charge in [-0.3, -0.25) is 9.59 Å². The molecule has 0 unspecified atom stereocenters. The van der Waals surface area contributed by atoms with Crippen LogP contribution in [0.2, 0.25) is 0 Å². The van der Waals surface area contributed by atoms with Gasteiger partial charge in [0.2, 0.25) is 0 Å². The van der Waals surface area contributed by atoms with Crippen LogP contribution in [0.5, 0.6) is 5.75 Å². The molecule has 8 heteroatoms. The van der Waals surface area contributed by atoms with Gasteiger partial charge in [0.05, 0.1) is 11.1 Å². The molecule has 1 N–H and O–H groups in total. The van der Waals surface area contributed by atoms with Crippen molar-refractivity contribution in [2.24, 2.45) is 0 Å². The second-order valence-corrected chi connectivity index (χ2v) is 7.10. The number of hydrogen-bond donors (Lipinski definition) is 1. The molecule has 1 amide bonds. The summed E-state index contributed by atoms with van der Waals surface area (Å²) in [6, 6.07) is 14.3. The third kappa shape index (κ3) is 5.65. The number of aromatic nitrogens is 1. The van der Waals surface area contributed by atoms with Crippen LogP contribution in [-0.2, 0) is 23.9 Å². The molecule has 31 heavy (non-hydrogen) atoms. The standard InChI is InChI=1S/C23H23F3N2O3/c1-2-12-28-20-13-17(8-9-18(20)19(14-22(28)30)23(24,25)26)31-15-21(29)27-11-10-16-6-4-3-5-7-16/h3-9,13-14H,2,10-12,15H2,1H3,(H,27,29). The molecule has 164 valence electrons. The molecule has 3 rings (SSSR count). The number of amides is 1. The number of pyridine rings is 1. The zero-order valence-electron chi connectivity index (χ0n) is 17.0. The number of nitrogens with one attached hydrogen (secondary N) is 1. The number of alkyl halides is 3. The van der Waals surface area contributed by atoms with E-state index in [0.29, 0.717) is 25.5 Å². The molecule has 0 aliphatic rings. The highest BCUT2D eigenvalue weighted by Gasteiger charge is 2.34. The lowest BCUT2D eigenvalue weighted by atomic mass is 10.1. The molecule has 1 heterocycles. The summed E-state index contributed by atoms with van der Waals surface area (Å²) in [5.74, 6) is -0.125. The van der Waals surface area contributed by atoms with Gasteiger partial charge in [-0.15, -0.1) is 0 Å². The van der Waals surface area contributed by atoms with Gasteiger partial charge >= 0.3 is 6.18 Å². The van der Waals surface area contributed by atoms with Crippen molar-refractivity contribution in [2.75, 3.05) is 13.2 Å². The highest BCUT2D eigenvalue weighted by atomic mass is 19.4. The second-order valence-electron chi connectivity index (χ2n) is 7.10. The van der Waals surface area contributed by atoms with E-state index in [1.807, 2.05) is 37.3 Å². The van der Waals surface area contributed by atoms with Crippen molar-refractivity contribution >= 4 is 16.8 Å². The minimum Gasteiger partial charge on any atom is -0.484 e. The van der Waals surface area contributed by atoms with Crippen molar-refractivity contribution in [3.05, 3.63) is 76.1 Å². The first kappa shape index (κ1) is 22.4. The highest BCUT2D eigenvalue weighted by molar-refractivity contribution is 5.84. The van der Waals surface area contributed by atoms with Crippen molar-refractivity contribution in [2.45, 2.75) is 32.5 Å². The van der Waals surface area contributed by atoms with Crippen LogP contribution in [0, 0.1) is 0 Å². The van der Waals surface area contributed by atoms with Crippen molar-refractivity contribution in [1.29, 1.82) is 0 Å². The summed E-state index contributed by atoms with van der Waals surface area (Å²) in [6.45, 7) is 2.26. The molecule has 0 saturated heterocycles. The number of rotatable bonds is 8. The van der Waals surface area contributed by atoms with Crippen LogP contribution in [0.15, 0.2) is 59.4 Å². The van der Waals surface area contributed by atoms with E-state index in [0.717, 1.165) is 5.56 Å². The van der Waals surface area contributed by atoms with Crippen molar-refractivity contribution in [3.63, 3.8) is 0 Å². The Bertz CT molecular complexity index is 1110. The number of benzene rings is 2. The summed E-state index contributed by atoms with van der Waals surface area (Å²) in [5.41, 5.74) is -0.487. The first-order valence-electron chi connectivity index (χ1n) is 9.98. The summed E-state index contributed by atoms with van der Waals surface area (Å²) in [6.07, 6.45) is -3.40. The fourth-order valence-electron chi connectivity index (χ4n) is 3.33. The second kappa shape index (κ2) is 9.68. The maximum absolute atomic E-state index is 13.4. The molecule has 0 radical (unpaired) electrons. The Balaban J connectivity index is 1.73. The van der Waals surface area contributed by atoms with Gasteiger partial charge < -0.3 is 14.6 Å². The lowest BCUT2D eigenvalue weighted by Crippen LogP contribution is -2.30. The third-order valence-electron chi connectivity index (χ3n) is 4.79. The summed E-state index contributed by atoms with van der Waals surface area (Å²) in [5, 5.41) is 2.66. The maximum atomic E-state index is 13.4. The van der Waals surface area contributed by atoms with Crippen LogP contribution < -0.4 is 15.6 Å². The number of halogens is 3. The smallest absolute Gasteiger partial charge is 0.417 e. The molecule has 0 saturated carbocycles. The van der Waals surface area contributed by atoms with Gasteiger partial charge in [-0.05, 0) is 30.5 Å². The maximum Gasteiger partial charge on any atom is 0.417 e. The lowest BCUT2D eigenvalue weighted by molar-refractivity contribution is -0.136. The van der Waals surface area contributed by atoms with E-state index in [9.17, 15) is 22.8 Å². The van der Waals surface area contributed by atoms with Crippen molar-refractivity contribution in [1.82, 2.24) is 9.88 Å². The Morgan fingerprint density at radius 2 is 1.84 bits per heavy atom. The number of nitrogens with zero attached hydrogens (tertiary/aromatic N) is 1. The number of hydrogen-bond acceptors (Lipinski definition) is 3. The van der Waals surface area contributed by atoms with Crippen LogP contribution in [0.3, 0.4) is 0 Å². The Morgan fingerprint density at radius 1 is 1.10 bits per heavy atom. The summed E-state index contributed by atoms with van der Waals surface area (Å²) in [7, 11) is 0. The summed E-state index contributed by atoms with van der Waals surface area (Å²) < 4.78 is 46.9. The SMILES string of the molecule is CCCn1c(=O)cc(C(F)(F)F)c2ccc(OCC(=O)NCCc3ccccc3)cc21. The minimum absolute atomic E-state index is 0.0831. The Kier molecular flexibility index (Phi) is 6.99. The largest absolute Gasteiger partial charge is 0.484 e. The van der Waals surface area contributed by atoms with E-state index < -0.39 is 17.3 Å². The topological polar surface area (TPSA) is 60.3 Å². The number of carbonyl (C=O) groups is 1. The number of fused-ring (bicyclic) bond motifs is 1. The number of carbonyl (C=O) groups excluding carboxylic acids is 1. The minimum atomic E-state index is -4.65. The number of aryl methyl sites for hydroxylation is 1. The molecule has 0 fully saturated rings. The lowest BCUT2D eigenvalue weighted by Gasteiger charge is -2.16. The predicted octanol–water partition coefficient (Wildman–Crippen LogP) is 4.17. The Labute approximate surface area is 177 Å². The van der Waals surface area contributed by atoms with Crippen molar-refractivity contribution < 1.29 is 22.7 Å². The zero-order chi connectivity index (χ0) is 22.4.